The third-order valence-corrected chi connectivity index (χ3v) is 4.20. The zero-order valence-electron chi connectivity index (χ0n) is 12.9. The molecule has 1 aliphatic rings. The van der Waals surface area contributed by atoms with Crippen LogP contribution >= 0.6 is 11.6 Å². The van der Waals surface area contributed by atoms with Gasteiger partial charge in [-0.2, -0.15) is 0 Å². The highest BCUT2D eigenvalue weighted by molar-refractivity contribution is 6.32. The summed E-state index contributed by atoms with van der Waals surface area (Å²) in [5, 5.41) is 16.0. The van der Waals surface area contributed by atoms with E-state index in [1.54, 1.807) is 42.7 Å². The predicted molar refractivity (Wildman–Crippen MR) is 90.5 cm³/mol. The van der Waals surface area contributed by atoms with Gasteiger partial charge in [-0.1, -0.05) is 11.6 Å². The van der Waals surface area contributed by atoms with Crippen LogP contribution < -0.4 is 15.4 Å². The highest BCUT2D eigenvalue weighted by Gasteiger charge is 2.25. The number of aromatic nitrogens is 1. The maximum atomic E-state index is 12.2. The Bertz CT molecular complexity index is 711. The Balaban J connectivity index is 1.62. The second-order valence-electron chi connectivity index (χ2n) is 5.63. The molecule has 6 nitrogen and oxygen atoms in total. The van der Waals surface area contributed by atoms with E-state index in [2.05, 4.69) is 15.6 Å². The normalized spacial score (nSPS) is 19.9. The Morgan fingerprint density at radius 1 is 1.33 bits per heavy atom. The van der Waals surface area contributed by atoms with E-state index in [1.807, 2.05) is 0 Å². The molecule has 126 valence electrons. The largest absolute Gasteiger partial charge is 0.456 e. The number of hydrogen-bond acceptors (Lipinski definition) is 5. The molecule has 2 heterocycles. The first-order chi connectivity index (χ1) is 11.6. The van der Waals surface area contributed by atoms with Crippen LogP contribution in [-0.4, -0.2) is 41.7 Å². The molecule has 1 aromatic carbocycles. The number of carbonyl (C=O) groups is 1. The number of benzene rings is 1. The monoisotopic (exact) mass is 347 g/mol. The van der Waals surface area contributed by atoms with Gasteiger partial charge in [0.25, 0.3) is 5.91 Å². The molecular weight excluding hydrogens is 330 g/mol. The van der Waals surface area contributed by atoms with Gasteiger partial charge in [0.05, 0.1) is 11.1 Å². The second-order valence-corrected chi connectivity index (χ2v) is 6.03. The zero-order chi connectivity index (χ0) is 16.9. The van der Waals surface area contributed by atoms with Gasteiger partial charge in [0.2, 0.25) is 0 Å². The van der Waals surface area contributed by atoms with Crippen LogP contribution in [0.5, 0.6) is 11.5 Å². The minimum absolute atomic E-state index is 0.0266. The highest BCUT2D eigenvalue weighted by atomic mass is 35.5. The first-order valence-corrected chi connectivity index (χ1v) is 8.05. The maximum Gasteiger partial charge on any atom is 0.251 e. The van der Waals surface area contributed by atoms with Crippen LogP contribution in [0.3, 0.4) is 0 Å². The number of hydrogen-bond donors (Lipinski definition) is 3. The van der Waals surface area contributed by atoms with E-state index in [4.69, 9.17) is 16.3 Å². The molecule has 1 amide bonds. The van der Waals surface area contributed by atoms with Crippen LogP contribution in [0, 0.1) is 5.92 Å². The molecule has 2 atom stereocenters. The number of aliphatic hydroxyl groups excluding tert-OH is 1. The van der Waals surface area contributed by atoms with E-state index in [1.165, 1.54) is 0 Å². The van der Waals surface area contributed by atoms with Crippen LogP contribution in [0.4, 0.5) is 0 Å². The average molecular weight is 348 g/mol. The van der Waals surface area contributed by atoms with Crippen molar-refractivity contribution < 1.29 is 14.6 Å². The standard InChI is InChI=1S/C17H18ClN3O3/c18-14-7-11(17(23)21-9-12-8-20-10-15(12)22)1-2-16(14)24-13-3-5-19-6-4-13/h1-7,12,15,20,22H,8-10H2,(H,21,23). The Morgan fingerprint density at radius 2 is 2.12 bits per heavy atom. The number of nitrogens with zero attached hydrogens (tertiary/aromatic N) is 1. The van der Waals surface area contributed by atoms with Gasteiger partial charge in [-0.15, -0.1) is 0 Å². The molecule has 0 aliphatic carbocycles. The van der Waals surface area contributed by atoms with Crippen LogP contribution in [0.15, 0.2) is 42.7 Å². The van der Waals surface area contributed by atoms with Crippen molar-refractivity contribution in [1.29, 1.82) is 0 Å². The summed E-state index contributed by atoms with van der Waals surface area (Å²) in [6.07, 6.45) is 2.82. The van der Waals surface area contributed by atoms with Gasteiger partial charge in [0, 0.05) is 43.5 Å². The third kappa shape index (κ3) is 4.03. The van der Waals surface area contributed by atoms with Crippen molar-refractivity contribution in [3.63, 3.8) is 0 Å². The Labute approximate surface area is 144 Å². The number of rotatable bonds is 5. The maximum absolute atomic E-state index is 12.2. The molecule has 1 aromatic heterocycles. The molecule has 0 saturated carbocycles. The van der Waals surface area contributed by atoms with Gasteiger partial charge in [-0.3, -0.25) is 9.78 Å². The molecular formula is C17H18ClN3O3. The van der Waals surface area contributed by atoms with Crippen molar-refractivity contribution in [1.82, 2.24) is 15.6 Å². The van der Waals surface area contributed by atoms with Crippen molar-refractivity contribution >= 4 is 17.5 Å². The number of nitrogens with one attached hydrogen (secondary N) is 2. The van der Waals surface area contributed by atoms with E-state index in [0.29, 0.717) is 41.7 Å². The number of ether oxygens (including phenoxy) is 1. The van der Waals surface area contributed by atoms with Crippen molar-refractivity contribution in [2.45, 2.75) is 6.10 Å². The number of halogens is 1. The fourth-order valence-electron chi connectivity index (χ4n) is 2.51. The number of pyridine rings is 1. The van der Waals surface area contributed by atoms with Crippen molar-refractivity contribution in [3.05, 3.63) is 53.3 Å². The molecule has 1 saturated heterocycles. The zero-order valence-corrected chi connectivity index (χ0v) is 13.7. The van der Waals surface area contributed by atoms with Crippen molar-refractivity contribution in [2.75, 3.05) is 19.6 Å². The van der Waals surface area contributed by atoms with Crippen LogP contribution in [-0.2, 0) is 0 Å². The quantitative estimate of drug-likeness (QED) is 0.768. The SMILES string of the molecule is O=C(NCC1CNCC1O)c1ccc(Oc2ccncc2)c(Cl)c1. The van der Waals surface area contributed by atoms with Crippen LogP contribution in [0.25, 0.3) is 0 Å². The van der Waals surface area contributed by atoms with Gasteiger partial charge < -0.3 is 20.5 Å². The lowest BCUT2D eigenvalue weighted by molar-refractivity contribution is 0.0927. The van der Waals surface area contributed by atoms with Gasteiger partial charge in [-0.25, -0.2) is 0 Å². The minimum atomic E-state index is -0.426. The van der Waals surface area contributed by atoms with Gasteiger partial charge in [-0.05, 0) is 30.3 Å². The number of amides is 1. The summed E-state index contributed by atoms with van der Waals surface area (Å²) >= 11 is 6.20. The summed E-state index contributed by atoms with van der Waals surface area (Å²) in [6, 6.07) is 8.32. The lowest BCUT2D eigenvalue weighted by Crippen LogP contribution is -2.34. The molecule has 1 aliphatic heterocycles. The highest BCUT2D eigenvalue weighted by Crippen LogP contribution is 2.29. The van der Waals surface area contributed by atoms with E-state index < -0.39 is 6.10 Å². The van der Waals surface area contributed by atoms with E-state index in [0.717, 1.165) is 0 Å². The van der Waals surface area contributed by atoms with Crippen LogP contribution in [0.2, 0.25) is 5.02 Å². The summed E-state index contributed by atoms with van der Waals surface area (Å²) < 4.78 is 5.65. The first-order valence-electron chi connectivity index (χ1n) is 7.68. The summed E-state index contributed by atoms with van der Waals surface area (Å²) in [5.41, 5.74) is 0.447. The summed E-state index contributed by atoms with van der Waals surface area (Å²) in [4.78, 5) is 16.1. The minimum Gasteiger partial charge on any atom is -0.456 e. The Morgan fingerprint density at radius 3 is 2.79 bits per heavy atom. The number of carbonyl (C=O) groups excluding carboxylic acids is 1. The lowest BCUT2D eigenvalue weighted by Gasteiger charge is -2.14. The smallest absolute Gasteiger partial charge is 0.251 e. The van der Waals surface area contributed by atoms with Crippen molar-refractivity contribution in [3.8, 4) is 11.5 Å². The molecule has 24 heavy (non-hydrogen) atoms. The number of aliphatic hydroxyl groups is 1. The van der Waals surface area contributed by atoms with Gasteiger partial charge >= 0.3 is 0 Å². The fourth-order valence-corrected chi connectivity index (χ4v) is 2.73. The molecule has 0 bridgehead atoms. The van der Waals surface area contributed by atoms with Crippen LogP contribution in [0.1, 0.15) is 10.4 Å². The number of β-amino-alcohol motifs (C(OH)–C–C–N with tert-alkyl or cyclic N) is 1. The average Bonchev–Trinajstić information content (AvgIpc) is 3.00. The molecule has 2 unspecified atom stereocenters. The van der Waals surface area contributed by atoms with E-state index in [9.17, 15) is 9.90 Å². The van der Waals surface area contributed by atoms with Crippen molar-refractivity contribution in [2.24, 2.45) is 5.92 Å². The topological polar surface area (TPSA) is 83.5 Å². The summed E-state index contributed by atoms with van der Waals surface area (Å²) in [5.74, 6) is 0.881. The molecule has 7 heteroatoms. The van der Waals surface area contributed by atoms with E-state index >= 15 is 0 Å². The molecule has 1 fully saturated rings. The fraction of sp³-hybridized carbons (Fsp3) is 0.294. The van der Waals surface area contributed by atoms with Gasteiger partial charge in [0.1, 0.15) is 11.5 Å². The Hall–Kier alpha value is -2.15. The predicted octanol–water partition coefficient (Wildman–Crippen LogP) is 1.84. The lowest BCUT2D eigenvalue weighted by atomic mass is 10.1. The Kier molecular flexibility index (Phi) is 5.30. The van der Waals surface area contributed by atoms with Gasteiger partial charge in [0.15, 0.2) is 0 Å². The molecule has 0 radical (unpaired) electrons. The molecule has 3 N–H and O–H groups in total. The third-order valence-electron chi connectivity index (χ3n) is 3.90. The first kappa shape index (κ1) is 16.7. The summed E-state index contributed by atoms with van der Waals surface area (Å²) in [6.45, 7) is 1.67. The summed E-state index contributed by atoms with van der Waals surface area (Å²) in [7, 11) is 0. The molecule has 0 spiro atoms. The second kappa shape index (κ2) is 7.61. The molecule has 2 aromatic rings. The molecule has 3 rings (SSSR count). The van der Waals surface area contributed by atoms with E-state index in [-0.39, 0.29) is 11.8 Å².